The van der Waals surface area contributed by atoms with Gasteiger partial charge < -0.3 is 5.32 Å². The summed E-state index contributed by atoms with van der Waals surface area (Å²) in [5, 5.41) is 3.82. The molecular weight excluding hydrogens is 249 g/mol. The highest BCUT2D eigenvalue weighted by Gasteiger charge is 2.19. The highest BCUT2D eigenvalue weighted by Crippen LogP contribution is 2.32. The third-order valence-electron chi connectivity index (χ3n) is 4.02. The summed E-state index contributed by atoms with van der Waals surface area (Å²) in [6.07, 6.45) is 7.57. The SMILES string of the molecule is CNC(CCC1CCCC1)c1cc(Cl)ccc1F. The van der Waals surface area contributed by atoms with E-state index in [1.807, 2.05) is 7.05 Å². The van der Waals surface area contributed by atoms with Gasteiger partial charge >= 0.3 is 0 Å². The van der Waals surface area contributed by atoms with Crippen LogP contribution in [0.15, 0.2) is 18.2 Å². The van der Waals surface area contributed by atoms with Crippen LogP contribution in [0.25, 0.3) is 0 Å². The number of benzene rings is 1. The van der Waals surface area contributed by atoms with Crippen LogP contribution in [0.1, 0.15) is 50.1 Å². The fraction of sp³-hybridized carbons (Fsp3) is 0.600. The van der Waals surface area contributed by atoms with Gasteiger partial charge in [-0.05, 0) is 44.0 Å². The normalized spacial score (nSPS) is 18.2. The third-order valence-corrected chi connectivity index (χ3v) is 4.26. The molecule has 3 heteroatoms. The van der Waals surface area contributed by atoms with Gasteiger partial charge in [-0.15, -0.1) is 0 Å². The second-order valence-electron chi connectivity index (χ2n) is 5.23. The summed E-state index contributed by atoms with van der Waals surface area (Å²) in [7, 11) is 1.89. The minimum atomic E-state index is -0.162. The van der Waals surface area contributed by atoms with Crippen molar-refractivity contribution in [1.29, 1.82) is 0 Å². The van der Waals surface area contributed by atoms with Crippen LogP contribution in [-0.4, -0.2) is 7.05 Å². The van der Waals surface area contributed by atoms with E-state index in [-0.39, 0.29) is 11.9 Å². The van der Waals surface area contributed by atoms with Gasteiger partial charge in [0.25, 0.3) is 0 Å². The molecule has 0 aromatic heterocycles. The first-order chi connectivity index (χ1) is 8.70. The zero-order valence-electron chi connectivity index (χ0n) is 10.9. The van der Waals surface area contributed by atoms with Crippen LogP contribution in [0.2, 0.25) is 5.02 Å². The second kappa shape index (κ2) is 6.53. The van der Waals surface area contributed by atoms with Crippen LogP contribution in [0.3, 0.4) is 0 Å². The van der Waals surface area contributed by atoms with Crippen molar-refractivity contribution in [3.8, 4) is 0 Å². The molecule has 0 heterocycles. The van der Waals surface area contributed by atoms with Crippen molar-refractivity contribution in [2.75, 3.05) is 7.05 Å². The first-order valence-electron chi connectivity index (χ1n) is 6.83. The van der Waals surface area contributed by atoms with Crippen LogP contribution >= 0.6 is 11.6 Å². The van der Waals surface area contributed by atoms with E-state index in [4.69, 9.17) is 11.6 Å². The van der Waals surface area contributed by atoms with Gasteiger partial charge in [0.15, 0.2) is 0 Å². The van der Waals surface area contributed by atoms with Crippen LogP contribution in [0.5, 0.6) is 0 Å². The van der Waals surface area contributed by atoms with Crippen molar-refractivity contribution in [2.45, 2.75) is 44.6 Å². The summed E-state index contributed by atoms with van der Waals surface area (Å²) >= 11 is 5.95. The van der Waals surface area contributed by atoms with E-state index in [2.05, 4.69) is 5.32 Å². The lowest BCUT2D eigenvalue weighted by Crippen LogP contribution is -2.18. The molecule has 0 spiro atoms. The molecule has 1 unspecified atom stereocenters. The summed E-state index contributed by atoms with van der Waals surface area (Å²) in [5.41, 5.74) is 0.697. The van der Waals surface area contributed by atoms with E-state index in [1.165, 1.54) is 38.2 Å². The van der Waals surface area contributed by atoms with Gasteiger partial charge in [-0.1, -0.05) is 37.3 Å². The molecule has 1 fully saturated rings. The molecule has 18 heavy (non-hydrogen) atoms. The summed E-state index contributed by atoms with van der Waals surface area (Å²) in [6, 6.07) is 4.87. The van der Waals surface area contributed by atoms with E-state index >= 15 is 0 Å². The van der Waals surface area contributed by atoms with Crippen LogP contribution in [0, 0.1) is 11.7 Å². The van der Waals surface area contributed by atoms with Gasteiger partial charge in [-0.3, -0.25) is 0 Å². The Morgan fingerprint density at radius 1 is 1.39 bits per heavy atom. The maximum Gasteiger partial charge on any atom is 0.128 e. The lowest BCUT2D eigenvalue weighted by molar-refractivity contribution is 0.418. The lowest BCUT2D eigenvalue weighted by Gasteiger charge is -2.19. The van der Waals surface area contributed by atoms with E-state index in [0.717, 1.165) is 12.3 Å². The molecule has 0 bridgehead atoms. The molecule has 1 aliphatic carbocycles. The topological polar surface area (TPSA) is 12.0 Å². The maximum absolute atomic E-state index is 13.8. The monoisotopic (exact) mass is 269 g/mol. The molecule has 1 atom stereocenters. The predicted octanol–water partition coefficient (Wildman–Crippen LogP) is 4.71. The predicted molar refractivity (Wildman–Crippen MR) is 74.4 cm³/mol. The van der Waals surface area contributed by atoms with Gasteiger partial charge in [-0.2, -0.15) is 0 Å². The van der Waals surface area contributed by atoms with Crippen molar-refractivity contribution >= 4 is 11.6 Å². The lowest BCUT2D eigenvalue weighted by atomic mass is 9.94. The molecule has 0 radical (unpaired) electrons. The summed E-state index contributed by atoms with van der Waals surface area (Å²) in [6.45, 7) is 0. The number of nitrogens with one attached hydrogen (secondary N) is 1. The first-order valence-corrected chi connectivity index (χ1v) is 7.20. The number of halogens is 2. The van der Waals surface area contributed by atoms with Crippen molar-refractivity contribution in [3.05, 3.63) is 34.6 Å². The van der Waals surface area contributed by atoms with Crippen LogP contribution in [0.4, 0.5) is 4.39 Å². The molecule has 1 saturated carbocycles. The Morgan fingerprint density at radius 3 is 2.78 bits per heavy atom. The molecule has 2 rings (SSSR count). The highest BCUT2D eigenvalue weighted by molar-refractivity contribution is 6.30. The maximum atomic E-state index is 13.8. The van der Waals surface area contributed by atoms with Gasteiger partial charge in [0.05, 0.1) is 0 Å². The van der Waals surface area contributed by atoms with E-state index in [9.17, 15) is 4.39 Å². The zero-order valence-corrected chi connectivity index (χ0v) is 11.6. The van der Waals surface area contributed by atoms with Crippen molar-refractivity contribution in [3.63, 3.8) is 0 Å². The third kappa shape index (κ3) is 3.46. The molecule has 0 saturated heterocycles. The molecule has 0 aliphatic heterocycles. The van der Waals surface area contributed by atoms with E-state index in [0.29, 0.717) is 10.6 Å². The Morgan fingerprint density at radius 2 is 2.11 bits per heavy atom. The Labute approximate surface area is 114 Å². The average molecular weight is 270 g/mol. The zero-order chi connectivity index (χ0) is 13.0. The second-order valence-corrected chi connectivity index (χ2v) is 5.67. The molecule has 1 aromatic rings. The summed E-state index contributed by atoms with van der Waals surface area (Å²) in [4.78, 5) is 0. The highest BCUT2D eigenvalue weighted by atomic mass is 35.5. The average Bonchev–Trinajstić information content (AvgIpc) is 2.87. The molecule has 100 valence electrons. The Bertz CT molecular complexity index is 388. The Balaban J connectivity index is 2.00. The van der Waals surface area contributed by atoms with Gasteiger partial charge in [0, 0.05) is 16.6 Å². The van der Waals surface area contributed by atoms with Gasteiger partial charge in [0.2, 0.25) is 0 Å². The largest absolute Gasteiger partial charge is 0.313 e. The summed E-state index contributed by atoms with van der Waals surface area (Å²) in [5.74, 6) is 0.674. The van der Waals surface area contributed by atoms with E-state index < -0.39 is 0 Å². The standard InChI is InChI=1S/C15H21ClFN/c1-18-15(9-6-11-4-2-3-5-11)13-10-12(16)7-8-14(13)17/h7-8,10-11,15,18H,2-6,9H2,1H3. The number of hydrogen-bond acceptors (Lipinski definition) is 1. The Hall–Kier alpha value is -0.600. The van der Waals surface area contributed by atoms with Gasteiger partial charge in [-0.25, -0.2) is 4.39 Å². The molecule has 1 aliphatic rings. The summed E-state index contributed by atoms with van der Waals surface area (Å²) < 4.78 is 13.8. The van der Waals surface area contributed by atoms with Crippen LogP contribution in [-0.2, 0) is 0 Å². The minimum Gasteiger partial charge on any atom is -0.313 e. The molecule has 1 aromatic carbocycles. The van der Waals surface area contributed by atoms with Gasteiger partial charge in [0.1, 0.15) is 5.82 Å². The van der Waals surface area contributed by atoms with Crippen molar-refractivity contribution in [2.24, 2.45) is 5.92 Å². The fourth-order valence-electron chi connectivity index (χ4n) is 2.94. The number of rotatable bonds is 5. The fourth-order valence-corrected chi connectivity index (χ4v) is 3.12. The molecular formula is C15H21ClFN. The first kappa shape index (κ1) is 13.8. The molecule has 1 nitrogen and oxygen atoms in total. The molecule has 0 amide bonds. The number of hydrogen-bond donors (Lipinski definition) is 1. The quantitative estimate of drug-likeness (QED) is 0.816. The van der Waals surface area contributed by atoms with Crippen molar-refractivity contribution < 1.29 is 4.39 Å². The van der Waals surface area contributed by atoms with Crippen molar-refractivity contribution in [1.82, 2.24) is 5.32 Å². The smallest absolute Gasteiger partial charge is 0.128 e. The van der Waals surface area contributed by atoms with E-state index in [1.54, 1.807) is 12.1 Å². The Kier molecular flexibility index (Phi) is 5.02. The molecule has 1 N–H and O–H groups in total. The minimum absolute atomic E-state index is 0.0734. The van der Waals surface area contributed by atoms with Crippen LogP contribution < -0.4 is 5.32 Å².